The monoisotopic (exact) mass is 484 g/mol. The van der Waals surface area contributed by atoms with Crippen LogP contribution in [0.3, 0.4) is 0 Å². The molecule has 3 nitrogen and oxygen atoms in total. The van der Waals surface area contributed by atoms with Crippen LogP contribution in [0.4, 0.5) is 18.9 Å². The van der Waals surface area contributed by atoms with Crippen molar-refractivity contribution < 1.29 is 18.0 Å². The minimum absolute atomic E-state index is 0.277. The van der Waals surface area contributed by atoms with Crippen LogP contribution in [0.25, 0.3) is 22.2 Å². The maximum Gasteiger partial charge on any atom is 0.416 e. The Kier molecular flexibility index (Phi) is 5.54. The number of anilines is 1. The van der Waals surface area contributed by atoms with Crippen LogP contribution < -0.4 is 5.32 Å². The number of pyridine rings is 1. The summed E-state index contributed by atoms with van der Waals surface area (Å²) in [5.74, 6) is -0.417. The van der Waals surface area contributed by atoms with E-state index in [9.17, 15) is 18.0 Å². The smallest absolute Gasteiger partial charge is 0.322 e. The second-order valence-electron chi connectivity index (χ2n) is 7.02. The zero-order valence-electron chi connectivity index (χ0n) is 16.3. The first kappa shape index (κ1) is 21.1. The maximum atomic E-state index is 13.2. The van der Waals surface area contributed by atoms with Gasteiger partial charge in [-0.3, -0.25) is 4.79 Å². The second kappa shape index (κ2) is 8.15. The molecule has 1 N–H and O–H groups in total. The highest BCUT2D eigenvalue weighted by Gasteiger charge is 2.30. The van der Waals surface area contributed by atoms with Crippen LogP contribution in [0.15, 0.2) is 77.3 Å². The summed E-state index contributed by atoms with van der Waals surface area (Å²) in [4.78, 5) is 18.0. The number of amides is 1. The standard InChI is InChI=1S/C24H16BrF3N2O/c1-14-21(23(31)29-18-10-7-16(8-11-18)24(26,27)28)19-13-17(25)9-12-20(19)30-22(14)15-5-3-2-4-6-15/h2-13H,1H3,(H,29,31). The number of halogens is 4. The van der Waals surface area contributed by atoms with Gasteiger partial charge in [-0.1, -0.05) is 46.3 Å². The summed E-state index contributed by atoms with van der Waals surface area (Å²) in [5.41, 5.74) is 2.79. The molecule has 1 aromatic heterocycles. The van der Waals surface area contributed by atoms with Crippen LogP contribution in [0.1, 0.15) is 21.5 Å². The first-order valence-corrected chi connectivity index (χ1v) is 10.2. The van der Waals surface area contributed by atoms with Crippen LogP contribution >= 0.6 is 15.9 Å². The number of nitrogens with zero attached hydrogens (tertiary/aromatic N) is 1. The van der Waals surface area contributed by atoms with E-state index < -0.39 is 17.6 Å². The molecule has 4 aromatic rings. The number of fused-ring (bicyclic) bond motifs is 1. The minimum Gasteiger partial charge on any atom is -0.322 e. The summed E-state index contributed by atoms with van der Waals surface area (Å²) in [5, 5.41) is 3.37. The molecule has 156 valence electrons. The van der Waals surface area contributed by atoms with E-state index in [2.05, 4.69) is 21.2 Å². The predicted octanol–water partition coefficient (Wildman–Crippen LogP) is 7.24. The lowest BCUT2D eigenvalue weighted by Crippen LogP contribution is -2.15. The average molecular weight is 485 g/mol. The number of carbonyl (C=O) groups excluding carboxylic acids is 1. The first-order valence-electron chi connectivity index (χ1n) is 9.38. The fourth-order valence-electron chi connectivity index (χ4n) is 3.44. The quantitative estimate of drug-likeness (QED) is 0.332. The Hall–Kier alpha value is -3.19. The molecule has 0 radical (unpaired) electrons. The third-order valence-electron chi connectivity index (χ3n) is 4.93. The van der Waals surface area contributed by atoms with Gasteiger partial charge < -0.3 is 5.32 Å². The zero-order chi connectivity index (χ0) is 22.2. The van der Waals surface area contributed by atoms with E-state index in [0.717, 1.165) is 22.2 Å². The van der Waals surface area contributed by atoms with Crippen LogP contribution in [-0.4, -0.2) is 10.9 Å². The Morgan fingerprint density at radius 1 is 0.968 bits per heavy atom. The van der Waals surface area contributed by atoms with Crippen molar-refractivity contribution in [3.05, 3.63) is 94.0 Å². The molecule has 1 amide bonds. The van der Waals surface area contributed by atoms with E-state index in [1.165, 1.54) is 12.1 Å². The normalized spacial score (nSPS) is 11.5. The lowest BCUT2D eigenvalue weighted by atomic mass is 9.97. The molecular weight excluding hydrogens is 469 g/mol. The fraction of sp³-hybridized carbons (Fsp3) is 0.0833. The number of benzene rings is 3. The average Bonchev–Trinajstić information content (AvgIpc) is 2.73. The number of rotatable bonds is 3. The molecule has 0 aliphatic rings. The summed E-state index contributed by atoms with van der Waals surface area (Å²) >= 11 is 3.43. The van der Waals surface area contributed by atoms with Crippen molar-refractivity contribution in [1.82, 2.24) is 4.98 Å². The third kappa shape index (κ3) is 4.32. The highest BCUT2D eigenvalue weighted by Crippen LogP contribution is 2.33. The molecule has 0 fully saturated rings. The summed E-state index contributed by atoms with van der Waals surface area (Å²) in [7, 11) is 0. The van der Waals surface area contributed by atoms with E-state index in [4.69, 9.17) is 4.98 Å². The van der Waals surface area contributed by atoms with Gasteiger partial charge in [0.2, 0.25) is 0 Å². The molecule has 0 atom stereocenters. The summed E-state index contributed by atoms with van der Waals surface area (Å²) < 4.78 is 39.2. The van der Waals surface area contributed by atoms with Crippen molar-refractivity contribution in [3.63, 3.8) is 0 Å². The Balaban J connectivity index is 1.80. The van der Waals surface area contributed by atoms with E-state index >= 15 is 0 Å². The molecule has 0 saturated heterocycles. The highest BCUT2D eigenvalue weighted by molar-refractivity contribution is 9.10. The molecule has 3 aromatic carbocycles. The van der Waals surface area contributed by atoms with Crippen molar-refractivity contribution in [2.75, 3.05) is 5.32 Å². The number of nitrogens with one attached hydrogen (secondary N) is 1. The van der Waals surface area contributed by atoms with Gasteiger partial charge in [-0.2, -0.15) is 13.2 Å². The summed E-state index contributed by atoms with van der Waals surface area (Å²) in [6.45, 7) is 1.82. The molecule has 0 bridgehead atoms. The van der Waals surface area contributed by atoms with Crippen molar-refractivity contribution in [2.45, 2.75) is 13.1 Å². The first-order chi connectivity index (χ1) is 14.7. The summed E-state index contributed by atoms with van der Waals surface area (Å²) in [6.07, 6.45) is -4.43. The number of carbonyl (C=O) groups is 1. The molecule has 1 heterocycles. The van der Waals surface area contributed by atoms with Gasteiger partial charge in [0.1, 0.15) is 0 Å². The van der Waals surface area contributed by atoms with E-state index in [-0.39, 0.29) is 5.69 Å². The molecule has 0 aliphatic carbocycles. The van der Waals surface area contributed by atoms with Gasteiger partial charge in [-0.25, -0.2) is 4.98 Å². The number of alkyl halides is 3. The van der Waals surface area contributed by atoms with Gasteiger partial charge >= 0.3 is 6.18 Å². The molecule has 0 unspecified atom stereocenters. The third-order valence-corrected chi connectivity index (χ3v) is 5.43. The van der Waals surface area contributed by atoms with Crippen LogP contribution in [0, 0.1) is 6.92 Å². The zero-order valence-corrected chi connectivity index (χ0v) is 17.9. The van der Waals surface area contributed by atoms with Gasteiger partial charge in [0.05, 0.1) is 22.3 Å². The van der Waals surface area contributed by atoms with Gasteiger partial charge in [0.25, 0.3) is 5.91 Å². The molecule has 4 rings (SSSR count). The molecule has 0 spiro atoms. The van der Waals surface area contributed by atoms with Gasteiger partial charge in [-0.15, -0.1) is 0 Å². The Labute approximate surface area is 185 Å². The van der Waals surface area contributed by atoms with Gasteiger partial charge in [0, 0.05) is 21.1 Å². The molecule has 31 heavy (non-hydrogen) atoms. The van der Waals surface area contributed by atoms with E-state index in [1.54, 1.807) is 0 Å². The molecule has 0 saturated carbocycles. The predicted molar refractivity (Wildman–Crippen MR) is 119 cm³/mol. The topological polar surface area (TPSA) is 42.0 Å². The largest absolute Gasteiger partial charge is 0.416 e. The Morgan fingerprint density at radius 2 is 1.65 bits per heavy atom. The van der Waals surface area contributed by atoms with Crippen molar-refractivity contribution in [2.24, 2.45) is 0 Å². The SMILES string of the molecule is Cc1c(-c2ccccc2)nc2ccc(Br)cc2c1C(=O)Nc1ccc(C(F)(F)F)cc1. The summed E-state index contributed by atoms with van der Waals surface area (Å²) in [6, 6.07) is 19.4. The van der Waals surface area contributed by atoms with Crippen molar-refractivity contribution >= 4 is 38.4 Å². The fourth-order valence-corrected chi connectivity index (χ4v) is 3.80. The molecular formula is C24H16BrF3N2O. The minimum atomic E-state index is -4.43. The van der Waals surface area contributed by atoms with Crippen LogP contribution in [0.2, 0.25) is 0 Å². The lowest BCUT2D eigenvalue weighted by Gasteiger charge is -2.15. The van der Waals surface area contributed by atoms with Crippen LogP contribution in [-0.2, 0) is 6.18 Å². The maximum absolute atomic E-state index is 13.2. The Bertz CT molecular complexity index is 1270. The number of hydrogen-bond acceptors (Lipinski definition) is 2. The van der Waals surface area contributed by atoms with Gasteiger partial charge in [0.15, 0.2) is 0 Å². The lowest BCUT2D eigenvalue weighted by molar-refractivity contribution is -0.137. The van der Waals surface area contributed by atoms with Crippen molar-refractivity contribution in [1.29, 1.82) is 0 Å². The second-order valence-corrected chi connectivity index (χ2v) is 7.93. The van der Waals surface area contributed by atoms with E-state index in [0.29, 0.717) is 27.7 Å². The number of aromatic nitrogens is 1. The molecule has 0 aliphatic heterocycles. The van der Waals surface area contributed by atoms with Crippen LogP contribution in [0.5, 0.6) is 0 Å². The van der Waals surface area contributed by atoms with Gasteiger partial charge in [-0.05, 0) is 55.0 Å². The molecule has 7 heteroatoms. The van der Waals surface area contributed by atoms with Crippen molar-refractivity contribution in [3.8, 4) is 11.3 Å². The Morgan fingerprint density at radius 3 is 2.29 bits per heavy atom. The van der Waals surface area contributed by atoms with E-state index in [1.807, 2.05) is 55.5 Å². The number of hydrogen-bond donors (Lipinski definition) is 1. The highest BCUT2D eigenvalue weighted by atomic mass is 79.9.